The Balaban J connectivity index is 1.27. The van der Waals surface area contributed by atoms with E-state index < -0.39 is 0 Å². The monoisotopic (exact) mass is 390 g/mol. The Morgan fingerprint density at radius 1 is 1.37 bits per heavy atom. The zero-order valence-corrected chi connectivity index (χ0v) is 16.2. The van der Waals surface area contributed by atoms with Crippen LogP contribution in [0.15, 0.2) is 4.52 Å². The lowest BCUT2D eigenvalue weighted by atomic mass is 10.1. The minimum Gasteiger partial charge on any atom is -0.355 e. The average molecular weight is 390 g/mol. The van der Waals surface area contributed by atoms with Crippen molar-refractivity contribution in [3.8, 4) is 0 Å². The van der Waals surface area contributed by atoms with Crippen LogP contribution in [0.2, 0.25) is 0 Å². The van der Waals surface area contributed by atoms with Crippen LogP contribution in [-0.2, 0) is 16.0 Å². The Labute approximate surface area is 160 Å². The molecule has 144 valence electrons. The summed E-state index contributed by atoms with van der Waals surface area (Å²) < 4.78 is 5.20. The molecular formula is C17H22N6O3S. The second kappa shape index (κ2) is 7.34. The number of nitrogens with zero attached hydrogens (tertiary/aromatic N) is 5. The first-order valence-electron chi connectivity index (χ1n) is 9.25. The number of nitrogens with one attached hydrogen (secondary N) is 1. The number of carbonyl (C=O) groups excluding carboxylic acids is 2. The molecule has 2 amide bonds. The Morgan fingerprint density at radius 2 is 2.19 bits per heavy atom. The van der Waals surface area contributed by atoms with E-state index in [2.05, 4.69) is 25.7 Å². The fourth-order valence-corrected chi connectivity index (χ4v) is 3.82. The number of aromatic nitrogens is 4. The predicted octanol–water partition coefficient (Wildman–Crippen LogP) is 1.63. The molecule has 2 aromatic heterocycles. The van der Waals surface area contributed by atoms with Crippen molar-refractivity contribution in [1.82, 2.24) is 25.7 Å². The first kappa shape index (κ1) is 18.0. The summed E-state index contributed by atoms with van der Waals surface area (Å²) in [7, 11) is 0. The fraction of sp³-hybridized carbons (Fsp3) is 0.647. The van der Waals surface area contributed by atoms with E-state index in [1.54, 1.807) is 4.90 Å². The summed E-state index contributed by atoms with van der Waals surface area (Å²) in [5, 5.41) is 16.5. The van der Waals surface area contributed by atoms with Crippen LogP contribution in [-0.4, -0.2) is 45.2 Å². The highest BCUT2D eigenvalue weighted by molar-refractivity contribution is 7.15. The summed E-state index contributed by atoms with van der Waals surface area (Å²) in [5.41, 5.74) is 0. The molecular weight excluding hydrogens is 368 g/mol. The molecule has 0 bridgehead atoms. The molecule has 1 saturated carbocycles. The van der Waals surface area contributed by atoms with Crippen molar-refractivity contribution >= 4 is 28.3 Å². The van der Waals surface area contributed by atoms with E-state index in [4.69, 9.17) is 4.52 Å². The van der Waals surface area contributed by atoms with E-state index in [0.29, 0.717) is 42.3 Å². The van der Waals surface area contributed by atoms with Gasteiger partial charge in [0.25, 0.3) is 0 Å². The molecule has 2 aliphatic rings. The van der Waals surface area contributed by atoms with Gasteiger partial charge < -0.3 is 9.84 Å². The van der Waals surface area contributed by atoms with Crippen LogP contribution in [0.25, 0.3) is 0 Å². The number of hydrogen-bond donors (Lipinski definition) is 1. The summed E-state index contributed by atoms with van der Waals surface area (Å²) in [6, 6.07) is 0. The van der Waals surface area contributed by atoms with E-state index in [0.717, 1.165) is 17.8 Å². The number of amides is 2. The van der Waals surface area contributed by atoms with E-state index in [1.807, 2.05) is 13.8 Å². The normalized spacial score (nSPS) is 19.9. The highest BCUT2D eigenvalue weighted by atomic mass is 32.1. The minimum atomic E-state index is -0.379. The maximum atomic E-state index is 12.4. The van der Waals surface area contributed by atoms with Crippen LogP contribution in [0.5, 0.6) is 0 Å². The maximum Gasteiger partial charge on any atom is 0.229 e. The second-order valence-electron chi connectivity index (χ2n) is 7.35. The van der Waals surface area contributed by atoms with Gasteiger partial charge in [0.1, 0.15) is 5.01 Å². The van der Waals surface area contributed by atoms with E-state index in [-0.39, 0.29) is 30.1 Å². The molecule has 9 nitrogen and oxygen atoms in total. The number of rotatable bonds is 7. The molecule has 0 radical (unpaired) electrons. The smallest absolute Gasteiger partial charge is 0.229 e. The third-order valence-electron chi connectivity index (χ3n) is 4.71. The molecule has 10 heteroatoms. The van der Waals surface area contributed by atoms with Crippen LogP contribution in [0.3, 0.4) is 0 Å². The SMILES string of the molecule is CC(C)c1nnc(N2CC(C(=O)NCCc3noc(C4CC4)n3)CC2=O)s1. The highest BCUT2D eigenvalue weighted by Gasteiger charge is 2.37. The summed E-state index contributed by atoms with van der Waals surface area (Å²) in [4.78, 5) is 30.6. The van der Waals surface area contributed by atoms with Gasteiger partial charge in [-0.25, -0.2) is 0 Å². The van der Waals surface area contributed by atoms with Crippen molar-refractivity contribution in [2.45, 2.75) is 51.4 Å². The van der Waals surface area contributed by atoms with Crippen molar-refractivity contribution < 1.29 is 14.1 Å². The van der Waals surface area contributed by atoms with Gasteiger partial charge >= 0.3 is 0 Å². The summed E-state index contributed by atoms with van der Waals surface area (Å²) in [6.07, 6.45) is 2.92. The Morgan fingerprint density at radius 3 is 2.89 bits per heavy atom. The van der Waals surface area contributed by atoms with Crippen molar-refractivity contribution in [3.63, 3.8) is 0 Å². The molecule has 1 N–H and O–H groups in total. The Bertz CT molecular complexity index is 843. The average Bonchev–Trinajstić information content (AvgIpc) is 3.05. The third-order valence-corrected chi connectivity index (χ3v) is 5.96. The largest absolute Gasteiger partial charge is 0.355 e. The van der Waals surface area contributed by atoms with Crippen molar-refractivity contribution in [2.75, 3.05) is 18.0 Å². The molecule has 2 fully saturated rings. The third kappa shape index (κ3) is 4.00. The Hall–Kier alpha value is -2.36. The van der Waals surface area contributed by atoms with Crippen molar-refractivity contribution in [2.24, 2.45) is 5.92 Å². The molecule has 1 atom stereocenters. The number of anilines is 1. The molecule has 0 spiro atoms. The first-order valence-corrected chi connectivity index (χ1v) is 10.1. The van der Waals surface area contributed by atoms with Gasteiger partial charge in [0.05, 0.1) is 5.92 Å². The lowest BCUT2D eigenvalue weighted by Gasteiger charge is -2.12. The molecule has 1 aliphatic heterocycles. The van der Waals surface area contributed by atoms with Gasteiger partial charge in [-0.2, -0.15) is 4.98 Å². The van der Waals surface area contributed by atoms with Gasteiger partial charge in [-0.3, -0.25) is 14.5 Å². The zero-order valence-electron chi connectivity index (χ0n) is 15.3. The second-order valence-corrected chi connectivity index (χ2v) is 8.33. The molecule has 1 unspecified atom stereocenters. The molecule has 1 aliphatic carbocycles. The molecule has 3 heterocycles. The van der Waals surface area contributed by atoms with E-state index in [9.17, 15) is 9.59 Å². The highest BCUT2D eigenvalue weighted by Crippen LogP contribution is 2.38. The van der Waals surface area contributed by atoms with Crippen LogP contribution in [0, 0.1) is 5.92 Å². The van der Waals surface area contributed by atoms with Gasteiger partial charge in [0.2, 0.25) is 22.8 Å². The van der Waals surface area contributed by atoms with Gasteiger partial charge in [-0.15, -0.1) is 10.2 Å². The van der Waals surface area contributed by atoms with Crippen LogP contribution < -0.4 is 10.2 Å². The molecule has 27 heavy (non-hydrogen) atoms. The van der Waals surface area contributed by atoms with Gasteiger partial charge in [-0.1, -0.05) is 30.3 Å². The molecule has 2 aromatic rings. The standard InChI is InChI=1S/C17H22N6O3S/c1-9(2)16-20-21-17(27-16)23-8-11(7-13(23)24)14(25)18-6-5-12-19-15(26-22-12)10-3-4-10/h9-11H,3-8H2,1-2H3,(H,18,25). The van der Waals surface area contributed by atoms with Crippen molar-refractivity contribution in [1.29, 1.82) is 0 Å². The van der Waals surface area contributed by atoms with Crippen LogP contribution in [0.1, 0.15) is 61.7 Å². The summed E-state index contributed by atoms with van der Waals surface area (Å²) >= 11 is 1.40. The summed E-state index contributed by atoms with van der Waals surface area (Å²) in [5.74, 6) is 1.39. The number of carbonyl (C=O) groups is 2. The quantitative estimate of drug-likeness (QED) is 0.764. The fourth-order valence-electron chi connectivity index (χ4n) is 2.94. The zero-order chi connectivity index (χ0) is 19.0. The van der Waals surface area contributed by atoms with Gasteiger partial charge in [-0.05, 0) is 12.8 Å². The lowest BCUT2D eigenvalue weighted by molar-refractivity contribution is -0.126. The van der Waals surface area contributed by atoms with E-state index >= 15 is 0 Å². The summed E-state index contributed by atoms with van der Waals surface area (Å²) in [6.45, 7) is 4.82. The molecule has 4 rings (SSSR count). The minimum absolute atomic E-state index is 0.0890. The van der Waals surface area contributed by atoms with Crippen molar-refractivity contribution in [3.05, 3.63) is 16.7 Å². The maximum absolute atomic E-state index is 12.4. The number of hydrogen-bond acceptors (Lipinski definition) is 8. The lowest BCUT2D eigenvalue weighted by Crippen LogP contribution is -2.34. The van der Waals surface area contributed by atoms with Crippen LogP contribution in [0.4, 0.5) is 5.13 Å². The first-order chi connectivity index (χ1) is 13.0. The molecule has 1 saturated heterocycles. The van der Waals surface area contributed by atoms with E-state index in [1.165, 1.54) is 11.3 Å². The molecule has 0 aromatic carbocycles. The van der Waals surface area contributed by atoms with Gasteiger partial charge in [0, 0.05) is 37.8 Å². The topological polar surface area (TPSA) is 114 Å². The Kier molecular flexibility index (Phi) is 4.90. The van der Waals surface area contributed by atoms with Crippen LogP contribution >= 0.6 is 11.3 Å². The van der Waals surface area contributed by atoms with Gasteiger partial charge in [0.15, 0.2) is 5.82 Å². The predicted molar refractivity (Wildman–Crippen MR) is 97.4 cm³/mol.